The summed E-state index contributed by atoms with van der Waals surface area (Å²) in [6, 6.07) is 8.87. The van der Waals surface area contributed by atoms with E-state index in [1.807, 2.05) is 0 Å². The second-order valence-corrected chi connectivity index (χ2v) is 8.01. The lowest BCUT2D eigenvalue weighted by molar-refractivity contribution is 0.151. The minimum atomic E-state index is -0.0704. The van der Waals surface area contributed by atoms with Crippen LogP contribution in [0.4, 0.5) is 0 Å². The van der Waals surface area contributed by atoms with Crippen LogP contribution in [-0.2, 0) is 16.7 Å². The zero-order valence-corrected chi connectivity index (χ0v) is 15.9. The lowest BCUT2D eigenvalue weighted by atomic mass is 9.78. The van der Waals surface area contributed by atoms with Gasteiger partial charge in [0.2, 0.25) is 5.89 Å². The molecule has 0 N–H and O–H groups in total. The summed E-state index contributed by atoms with van der Waals surface area (Å²) in [6.45, 7) is 5.84. The van der Waals surface area contributed by atoms with Gasteiger partial charge in [-0.2, -0.15) is 4.98 Å². The van der Waals surface area contributed by atoms with E-state index in [0.29, 0.717) is 5.92 Å². The summed E-state index contributed by atoms with van der Waals surface area (Å²) in [7, 11) is 1.78. The highest BCUT2D eigenvalue weighted by atomic mass is 16.5. The van der Waals surface area contributed by atoms with Gasteiger partial charge in [-0.1, -0.05) is 47.8 Å². The second-order valence-electron chi connectivity index (χ2n) is 8.01. The fourth-order valence-corrected chi connectivity index (χ4v) is 4.63. The van der Waals surface area contributed by atoms with Crippen LogP contribution in [0.3, 0.4) is 0 Å². The van der Waals surface area contributed by atoms with Crippen molar-refractivity contribution in [1.82, 2.24) is 15.0 Å². The Bertz CT molecular complexity index is 719. The quantitative estimate of drug-likeness (QED) is 0.791. The molecule has 2 fully saturated rings. The Kier molecular flexibility index (Phi) is 5.09. The van der Waals surface area contributed by atoms with Crippen molar-refractivity contribution in [2.75, 3.05) is 26.8 Å². The van der Waals surface area contributed by atoms with Crippen LogP contribution in [-0.4, -0.2) is 41.8 Å². The first-order chi connectivity index (χ1) is 12.7. The molecular formula is C21H29N3O2. The first-order valence-corrected chi connectivity index (χ1v) is 9.81. The highest BCUT2D eigenvalue weighted by Gasteiger charge is 2.41. The summed E-state index contributed by atoms with van der Waals surface area (Å²) < 4.78 is 11.0. The van der Waals surface area contributed by atoms with Crippen molar-refractivity contribution in [3.05, 3.63) is 47.1 Å². The molecule has 1 aliphatic heterocycles. The Balaban J connectivity index is 1.51. The summed E-state index contributed by atoms with van der Waals surface area (Å²) in [5.41, 5.74) is 2.55. The van der Waals surface area contributed by atoms with Crippen LogP contribution in [0, 0.1) is 12.8 Å². The van der Waals surface area contributed by atoms with Crippen LogP contribution in [0.2, 0.25) is 0 Å². The van der Waals surface area contributed by atoms with Crippen molar-refractivity contribution in [1.29, 1.82) is 0 Å². The van der Waals surface area contributed by atoms with Gasteiger partial charge in [0.15, 0.2) is 5.82 Å². The molecule has 1 saturated carbocycles. The van der Waals surface area contributed by atoms with E-state index in [1.165, 1.54) is 30.4 Å². The number of likely N-dealkylation sites (tertiary alicyclic amines) is 1. The molecule has 0 radical (unpaired) electrons. The van der Waals surface area contributed by atoms with Crippen LogP contribution < -0.4 is 0 Å². The Morgan fingerprint density at radius 3 is 2.73 bits per heavy atom. The van der Waals surface area contributed by atoms with Gasteiger partial charge < -0.3 is 9.26 Å². The molecule has 0 spiro atoms. The molecule has 2 aromatic rings. The molecule has 26 heavy (non-hydrogen) atoms. The molecule has 1 atom stereocenters. The van der Waals surface area contributed by atoms with Gasteiger partial charge in [0.25, 0.3) is 0 Å². The highest BCUT2D eigenvalue weighted by Crippen LogP contribution is 2.45. The molecule has 5 nitrogen and oxygen atoms in total. The number of aromatic nitrogens is 2. The van der Waals surface area contributed by atoms with E-state index in [1.54, 1.807) is 7.11 Å². The third kappa shape index (κ3) is 3.42. The van der Waals surface area contributed by atoms with E-state index in [2.05, 4.69) is 41.2 Å². The van der Waals surface area contributed by atoms with Gasteiger partial charge in [-0.15, -0.1) is 0 Å². The highest BCUT2D eigenvalue weighted by molar-refractivity contribution is 5.35. The number of methoxy groups -OCH3 is 1. The van der Waals surface area contributed by atoms with Gasteiger partial charge in [0, 0.05) is 13.7 Å². The van der Waals surface area contributed by atoms with Crippen LogP contribution >= 0.6 is 0 Å². The molecule has 2 heterocycles. The molecular weight excluding hydrogens is 326 g/mol. The average Bonchev–Trinajstić information content (AvgIpc) is 3.38. The molecule has 5 heteroatoms. The van der Waals surface area contributed by atoms with E-state index >= 15 is 0 Å². The monoisotopic (exact) mass is 355 g/mol. The maximum atomic E-state index is 5.67. The number of hydrogen-bond donors (Lipinski definition) is 0. The van der Waals surface area contributed by atoms with Crippen molar-refractivity contribution >= 4 is 0 Å². The molecule has 2 aliphatic rings. The number of aryl methyl sites for hydroxylation is 1. The SMILES string of the molecule is COCC1CCN(Cc2nc(C3(c4ccc(C)cc4)CCCC3)no2)C1. The third-order valence-electron chi connectivity index (χ3n) is 6.09. The number of benzene rings is 1. The van der Waals surface area contributed by atoms with E-state index in [-0.39, 0.29) is 5.41 Å². The largest absolute Gasteiger partial charge is 0.384 e. The Hall–Kier alpha value is -1.72. The fraction of sp³-hybridized carbons (Fsp3) is 0.619. The minimum Gasteiger partial charge on any atom is -0.384 e. The molecule has 1 saturated heterocycles. The number of nitrogens with zero attached hydrogens (tertiary/aromatic N) is 3. The maximum Gasteiger partial charge on any atom is 0.240 e. The van der Waals surface area contributed by atoms with Gasteiger partial charge in [-0.3, -0.25) is 4.90 Å². The summed E-state index contributed by atoms with van der Waals surface area (Å²) in [6.07, 6.45) is 5.84. The first-order valence-electron chi connectivity index (χ1n) is 9.81. The van der Waals surface area contributed by atoms with E-state index in [4.69, 9.17) is 14.2 Å². The first kappa shape index (κ1) is 17.7. The van der Waals surface area contributed by atoms with Crippen LogP contribution in [0.25, 0.3) is 0 Å². The number of hydrogen-bond acceptors (Lipinski definition) is 5. The Labute approximate surface area is 155 Å². The van der Waals surface area contributed by atoms with Crippen molar-refractivity contribution in [3.63, 3.8) is 0 Å². The van der Waals surface area contributed by atoms with Gasteiger partial charge in [-0.25, -0.2) is 0 Å². The van der Waals surface area contributed by atoms with Crippen LogP contribution in [0.1, 0.15) is 54.9 Å². The van der Waals surface area contributed by atoms with E-state index in [9.17, 15) is 0 Å². The third-order valence-corrected chi connectivity index (χ3v) is 6.09. The second kappa shape index (κ2) is 7.49. The molecule has 1 unspecified atom stereocenters. The molecule has 0 bridgehead atoms. The zero-order chi connectivity index (χ0) is 18.0. The predicted octanol–water partition coefficient (Wildman–Crippen LogP) is 3.71. The minimum absolute atomic E-state index is 0.0704. The molecule has 4 rings (SSSR count). The predicted molar refractivity (Wildman–Crippen MR) is 100.0 cm³/mol. The maximum absolute atomic E-state index is 5.67. The lowest BCUT2D eigenvalue weighted by Gasteiger charge is -2.26. The summed E-state index contributed by atoms with van der Waals surface area (Å²) >= 11 is 0. The molecule has 0 amide bonds. The smallest absolute Gasteiger partial charge is 0.240 e. The summed E-state index contributed by atoms with van der Waals surface area (Å²) in [5.74, 6) is 2.24. The van der Waals surface area contributed by atoms with Crippen molar-refractivity contribution < 1.29 is 9.26 Å². The molecule has 1 aliphatic carbocycles. The van der Waals surface area contributed by atoms with Gasteiger partial charge in [-0.05, 0) is 44.2 Å². The van der Waals surface area contributed by atoms with Crippen molar-refractivity contribution in [3.8, 4) is 0 Å². The van der Waals surface area contributed by atoms with Crippen molar-refractivity contribution in [2.45, 2.75) is 51.0 Å². The van der Waals surface area contributed by atoms with E-state index < -0.39 is 0 Å². The van der Waals surface area contributed by atoms with Gasteiger partial charge >= 0.3 is 0 Å². The van der Waals surface area contributed by atoms with Gasteiger partial charge in [0.05, 0.1) is 18.6 Å². The standard InChI is InChI=1S/C21H29N3O2/c1-16-5-7-18(8-6-16)21(10-3-4-11-21)20-22-19(26-23-20)14-24-12-9-17(13-24)15-25-2/h5-8,17H,3-4,9-15H2,1-2H3. The molecule has 1 aromatic heterocycles. The van der Waals surface area contributed by atoms with Crippen molar-refractivity contribution in [2.24, 2.45) is 5.92 Å². The van der Waals surface area contributed by atoms with Gasteiger partial charge in [0.1, 0.15) is 0 Å². The fourth-order valence-electron chi connectivity index (χ4n) is 4.63. The molecule has 1 aromatic carbocycles. The zero-order valence-electron chi connectivity index (χ0n) is 15.9. The molecule has 140 valence electrons. The Morgan fingerprint density at radius 2 is 2.00 bits per heavy atom. The average molecular weight is 355 g/mol. The summed E-state index contributed by atoms with van der Waals surface area (Å²) in [4.78, 5) is 7.24. The van der Waals surface area contributed by atoms with E-state index in [0.717, 1.165) is 50.8 Å². The topological polar surface area (TPSA) is 51.4 Å². The number of rotatable bonds is 6. The van der Waals surface area contributed by atoms with Crippen LogP contribution in [0.15, 0.2) is 28.8 Å². The summed E-state index contributed by atoms with van der Waals surface area (Å²) in [5, 5.41) is 4.43. The Morgan fingerprint density at radius 1 is 1.23 bits per heavy atom. The number of ether oxygens (including phenoxy) is 1. The normalized spacial score (nSPS) is 22.9. The van der Waals surface area contributed by atoms with Crippen LogP contribution in [0.5, 0.6) is 0 Å². The lowest BCUT2D eigenvalue weighted by Crippen LogP contribution is -2.26.